The Hall–Kier alpha value is -3.15. The van der Waals surface area contributed by atoms with E-state index in [1.165, 1.54) is 23.5 Å². The van der Waals surface area contributed by atoms with Gasteiger partial charge in [0.05, 0.1) is 16.8 Å². The first-order valence-electron chi connectivity index (χ1n) is 12.2. The van der Waals surface area contributed by atoms with Crippen molar-refractivity contribution in [2.75, 3.05) is 35.8 Å². The van der Waals surface area contributed by atoms with Crippen molar-refractivity contribution >= 4 is 67.0 Å². The molecule has 0 unspecified atom stereocenters. The van der Waals surface area contributed by atoms with E-state index in [2.05, 4.69) is 43.3 Å². The third-order valence-electron chi connectivity index (χ3n) is 6.52. The van der Waals surface area contributed by atoms with E-state index in [1.807, 2.05) is 19.2 Å². The van der Waals surface area contributed by atoms with Crippen LogP contribution in [0.5, 0.6) is 0 Å². The molecular weight excluding hydrogens is 575 g/mol. The fourth-order valence-electron chi connectivity index (χ4n) is 4.77. The van der Waals surface area contributed by atoms with Gasteiger partial charge in [-0.05, 0) is 48.9 Å². The Balaban J connectivity index is 0.00000308. The zero-order valence-corrected chi connectivity index (χ0v) is 24.1. The largest absolute Gasteiger partial charge is 0.369 e. The van der Waals surface area contributed by atoms with Gasteiger partial charge in [-0.1, -0.05) is 29.8 Å². The van der Waals surface area contributed by atoms with Gasteiger partial charge in [0.1, 0.15) is 4.83 Å². The molecule has 3 aromatic heterocycles. The number of anilines is 2. The molecule has 0 aliphatic carbocycles. The van der Waals surface area contributed by atoms with E-state index < -0.39 is 10.0 Å². The number of aromatic amines is 1. The van der Waals surface area contributed by atoms with E-state index >= 15 is 0 Å². The molecule has 1 saturated heterocycles. The van der Waals surface area contributed by atoms with Gasteiger partial charge >= 0.3 is 0 Å². The summed E-state index contributed by atoms with van der Waals surface area (Å²) in [7, 11) is -3.90. The normalized spacial score (nSPS) is 13.8. The monoisotopic (exact) mass is 600 g/mol. The number of sulfonamides is 1. The zero-order chi connectivity index (χ0) is 26.3. The number of hydrogen-bond donors (Lipinski definition) is 3. The molecule has 0 amide bonds. The van der Waals surface area contributed by atoms with Crippen LogP contribution < -0.4 is 14.9 Å². The van der Waals surface area contributed by atoms with Crippen LogP contribution in [-0.2, 0) is 10.0 Å². The van der Waals surface area contributed by atoms with Crippen molar-refractivity contribution in [1.29, 1.82) is 0 Å². The molecule has 4 heterocycles. The second-order valence-corrected chi connectivity index (χ2v) is 12.3. The Morgan fingerprint density at radius 3 is 2.59 bits per heavy atom. The highest BCUT2D eigenvalue weighted by Crippen LogP contribution is 2.47. The Labute approximate surface area is 241 Å². The quantitative estimate of drug-likeness (QED) is 0.223. The molecule has 3 N–H and O–H groups in total. The number of rotatable bonds is 6. The van der Waals surface area contributed by atoms with Crippen LogP contribution in [0.25, 0.3) is 31.8 Å². The minimum absolute atomic E-state index is 0. The molecule has 0 spiro atoms. The van der Waals surface area contributed by atoms with Gasteiger partial charge in [-0.3, -0.25) is 9.82 Å². The number of aromatic nitrogens is 3. The molecule has 1 aliphatic heterocycles. The number of benzene rings is 2. The van der Waals surface area contributed by atoms with Crippen LogP contribution in [0.2, 0.25) is 5.02 Å². The highest BCUT2D eigenvalue weighted by Gasteiger charge is 2.24. The molecule has 0 bridgehead atoms. The smallest absolute Gasteiger partial charge is 0.261 e. The van der Waals surface area contributed by atoms with Gasteiger partial charge in [-0.2, -0.15) is 5.10 Å². The summed E-state index contributed by atoms with van der Waals surface area (Å²) in [5, 5.41) is 11.6. The molecule has 0 radical (unpaired) electrons. The second-order valence-electron chi connectivity index (χ2n) is 9.13. The molecule has 5 aromatic rings. The Bertz CT molecular complexity index is 1730. The van der Waals surface area contributed by atoms with Crippen molar-refractivity contribution in [3.63, 3.8) is 0 Å². The number of hydrogen-bond acceptors (Lipinski definition) is 7. The van der Waals surface area contributed by atoms with Gasteiger partial charge in [0, 0.05) is 70.2 Å². The number of aryl methyl sites for hydroxylation is 1. The number of H-pyrrole nitrogens is 1. The standard InChI is InChI=1S/C27H25ClN6O2S2.ClH/c1-17-12-23(33-38(35,36)22-7-3-5-20(28)14-22)25-24(26(37-27(25)32-17)19-15-30-31-16-19)18-4-2-6-21(13-18)34-10-8-29-9-11-34;/h2-7,12-16,29H,8-11H2,1H3,(H,30,31)(H,32,33);1H. The lowest BCUT2D eigenvalue weighted by Crippen LogP contribution is -2.43. The molecular formula is C27H26Cl2N6O2S2. The first kappa shape index (κ1) is 27.4. The van der Waals surface area contributed by atoms with E-state index in [0.29, 0.717) is 16.4 Å². The Morgan fingerprint density at radius 1 is 1.05 bits per heavy atom. The van der Waals surface area contributed by atoms with E-state index in [-0.39, 0.29) is 17.3 Å². The van der Waals surface area contributed by atoms with Gasteiger partial charge in [0.15, 0.2) is 0 Å². The van der Waals surface area contributed by atoms with Crippen molar-refractivity contribution in [3.8, 4) is 21.6 Å². The highest BCUT2D eigenvalue weighted by molar-refractivity contribution is 7.92. The lowest BCUT2D eigenvalue weighted by Gasteiger charge is -2.29. The van der Waals surface area contributed by atoms with Crippen molar-refractivity contribution in [3.05, 3.63) is 77.7 Å². The lowest BCUT2D eigenvalue weighted by molar-refractivity contribution is 0.589. The number of fused-ring (bicyclic) bond motifs is 1. The minimum atomic E-state index is -3.90. The van der Waals surface area contributed by atoms with Crippen LogP contribution in [0.4, 0.5) is 11.4 Å². The van der Waals surface area contributed by atoms with Crippen LogP contribution in [-0.4, -0.2) is 49.8 Å². The topological polar surface area (TPSA) is 103 Å². The number of pyridine rings is 1. The summed E-state index contributed by atoms with van der Waals surface area (Å²) in [5.74, 6) is 0. The third kappa shape index (κ3) is 5.48. The summed E-state index contributed by atoms with van der Waals surface area (Å²) in [5.41, 5.74) is 5.12. The molecule has 1 fully saturated rings. The van der Waals surface area contributed by atoms with Crippen molar-refractivity contribution in [2.45, 2.75) is 11.8 Å². The summed E-state index contributed by atoms with van der Waals surface area (Å²) in [4.78, 5) is 8.96. The number of nitrogens with zero attached hydrogens (tertiary/aromatic N) is 3. The highest BCUT2D eigenvalue weighted by atomic mass is 35.5. The average molecular weight is 602 g/mol. The zero-order valence-electron chi connectivity index (χ0n) is 20.9. The molecule has 12 heteroatoms. The van der Waals surface area contributed by atoms with Gasteiger partial charge in [0.2, 0.25) is 0 Å². The summed E-state index contributed by atoms with van der Waals surface area (Å²) >= 11 is 7.62. The third-order valence-corrected chi connectivity index (χ3v) is 9.25. The maximum Gasteiger partial charge on any atom is 0.261 e. The molecule has 0 saturated carbocycles. The van der Waals surface area contributed by atoms with Gasteiger partial charge in [0.25, 0.3) is 10.0 Å². The van der Waals surface area contributed by atoms with Crippen molar-refractivity contribution in [1.82, 2.24) is 20.5 Å². The Kier molecular flexibility index (Phi) is 7.84. The fourth-order valence-corrected chi connectivity index (χ4v) is 7.39. The predicted octanol–water partition coefficient (Wildman–Crippen LogP) is 5.95. The van der Waals surface area contributed by atoms with E-state index in [1.54, 1.807) is 24.4 Å². The van der Waals surface area contributed by atoms with Gasteiger partial charge in [-0.15, -0.1) is 23.7 Å². The number of thiophene rings is 1. The summed E-state index contributed by atoms with van der Waals surface area (Å²) in [6, 6.07) is 16.4. The predicted molar refractivity (Wildman–Crippen MR) is 162 cm³/mol. The first-order chi connectivity index (χ1) is 18.4. The Morgan fingerprint density at radius 2 is 1.85 bits per heavy atom. The maximum absolute atomic E-state index is 13.4. The summed E-state index contributed by atoms with van der Waals surface area (Å²) in [6.45, 7) is 5.58. The average Bonchev–Trinajstić information content (AvgIpc) is 3.57. The van der Waals surface area contributed by atoms with Crippen LogP contribution in [0.3, 0.4) is 0 Å². The lowest BCUT2D eigenvalue weighted by atomic mass is 9.99. The van der Waals surface area contributed by atoms with E-state index in [4.69, 9.17) is 16.6 Å². The van der Waals surface area contributed by atoms with Crippen LogP contribution in [0.15, 0.2) is 71.9 Å². The first-order valence-corrected chi connectivity index (χ1v) is 14.8. The minimum Gasteiger partial charge on any atom is -0.369 e. The molecule has 8 nitrogen and oxygen atoms in total. The molecule has 39 heavy (non-hydrogen) atoms. The SMILES string of the molecule is Cc1cc(NS(=O)(=O)c2cccc(Cl)c2)c2c(-c3cccc(N4CCNCC4)c3)c(-c3cn[nH]c3)sc2n1.Cl. The molecule has 2 aromatic carbocycles. The van der Waals surface area contributed by atoms with E-state index in [9.17, 15) is 8.42 Å². The number of piperazine rings is 1. The maximum atomic E-state index is 13.4. The number of halogens is 2. The summed E-state index contributed by atoms with van der Waals surface area (Å²) < 4.78 is 29.7. The molecule has 0 atom stereocenters. The van der Waals surface area contributed by atoms with Crippen LogP contribution in [0, 0.1) is 6.92 Å². The summed E-state index contributed by atoms with van der Waals surface area (Å²) in [6.07, 6.45) is 3.62. The molecule has 6 rings (SSSR count). The number of nitrogens with one attached hydrogen (secondary N) is 3. The second kappa shape index (κ2) is 11.1. The van der Waals surface area contributed by atoms with E-state index in [0.717, 1.165) is 63.7 Å². The van der Waals surface area contributed by atoms with Crippen LogP contribution >= 0.6 is 35.3 Å². The van der Waals surface area contributed by atoms with Gasteiger partial charge in [-0.25, -0.2) is 13.4 Å². The molecule has 1 aliphatic rings. The van der Waals surface area contributed by atoms with Crippen molar-refractivity contribution in [2.24, 2.45) is 0 Å². The van der Waals surface area contributed by atoms with Gasteiger partial charge < -0.3 is 10.2 Å². The fraction of sp³-hybridized carbons (Fsp3) is 0.185. The van der Waals surface area contributed by atoms with Crippen LogP contribution in [0.1, 0.15) is 5.69 Å². The van der Waals surface area contributed by atoms with Crippen molar-refractivity contribution < 1.29 is 8.42 Å². The molecule has 202 valence electrons.